The van der Waals surface area contributed by atoms with Gasteiger partial charge in [0.05, 0.1) is 5.57 Å². The lowest BCUT2D eigenvalue weighted by Gasteiger charge is -2.29. The van der Waals surface area contributed by atoms with Gasteiger partial charge in [0, 0.05) is 21.4 Å². The molecule has 0 bridgehead atoms. The highest BCUT2D eigenvalue weighted by Crippen LogP contribution is 2.36. The summed E-state index contributed by atoms with van der Waals surface area (Å²) in [6.07, 6.45) is 1.46. The number of fused-ring (bicyclic) bond motifs is 1. The Morgan fingerprint density at radius 2 is 1.77 bits per heavy atom. The van der Waals surface area contributed by atoms with Crippen molar-refractivity contribution in [1.82, 2.24) is 14.8 Å². The number of aromatic nitrogens is 3. The molecule has 0 radical (unpaired) electrons. The number of rotatable bonds is 6. The molecule has 0 aliphatic carbocycles. The Bertz CT molecular complexity index is 1400. The van der Waals surface area contributed by atoms with Gasteiger partial charge in [0.25, 0.3) is 5.91 Å². The van der Waals surface area contributed by atoms with Gasteiger partial charge >= 0.3 is 0 Å². The molecule has 7 nitrogen and oxygen atoms in total. The number of benzene rings is 3. The molecule has 5 rings (SSSR count). The Kier molecular flexibility index (Phi) is 6.44. The maximum Gasteiger partial charge on any atom is 0.255 e. The Morgan fingerprint density at radius 3 is 2.51 bits per heavy atom. The molecule has 1 atom stereocenters. The van der Waals surface area contributed by atoms with E-state index >= 15 is 0 Å². The van der Waals surface area contributed by atoms with Gasteiger partial charge in [-0.15, -0.1) is 0 Å². The number of anilines is 2. The van der Waals surface area contributed by atoms with E-state index in [0.717, 1.165) is 11.1 Å². The first-order valence-corrected chi connectivity index (χ1v) is 11.6. The molecule has 1 aliphatic rings. The second-order valence-corrected chi connectivity index (χ2v) is 8.92. The number of hydrogen-bond acceptors (Lipinski definition) is 5. The highest BCUT2D eigenvalue weighted by molar-refractivity contribution is 6.30. The van der Waals surface area contributed by atoms with Crippen LogP contribution in [0, 0.1) is 0 Å². The van der Waals surface area contributed by atoms with Crippen LogP contribution in [0.3, 0.4) is 0 Å². The van der Waals surface area contributed by atoms with Crippen LogP contribution < -0.4 is 15.4 Å². The molecule has 1 amide bonds. The summed E-state index contributed by atoms with van der Waals surface area (Å²) in [4.78, 5) is 17.7. The monoisotopic (exact) mass is 505 g/mol. The number of carbonyl (C=O) groups excluding carboxylic acids is 1. The number of ether oxygens (including phenoxy) is 1. The maximum atomic E-state index is 13.5. The third-order valence-electron chi connectivity index (χ3n) is 5.63. The Balaban J connectivity index is 1.45. The van der Waals surface area contributed by atoms with Crippen molar-refractivity contribution in [1.29, 1.82) is 0 Å². The molecule has 9 heteroatoms. The Hall–Kier alpha value is -3.81. The van der Waals surface area contributed by atoms with E-state index in [9.17, 15) is 4.79 Å². The second-order valence-electron chi connectivity index (χ2n) is 8.04. The topological polar surface area (TPSA) is 81.1 Å². The quantitative estimate of drug-likeness (QED) is 0.331. The van der Waals surface area contributed by atoms with Crippen molar-refractivity contribution in [2.24, 2.45) is 0 Å². The molecule has 4 aromatic rings. The maximum absolute atomic E-state index is 13.5. The van der Waals surface area contributed by atoms with Crippen molar-refractivity contribution >= 4 is 40.7 Å². The van der Waals surface area contributed by atoms with Crippen LogP contribution >= 0.6 is 23.2 Å². The van der Waals surface area contributed by atoms with Gasteiger partial charge in [-0.05, 0) is 66.6 Å². The summed E-state index contributed by atoms with van der Waals surface area (Å²) in [6, 6.07) is 21.6. The van der Waals surface area contributed by atoms with E-state index in [1.165, 1.54) is 6.33 Å². The molecule has 1 aliphatic heterocycles. The minimum absolute atomic E-state index is 0.254. The number of hydrogen-bond donors (Lipinski definition) is 2. The van der Waals surface area contributed by atoms with Crippen LogP contribution in [0.1, 0.15) is 24.1 Å². The van der Waals surface area contributed by atoms with Crippen LogP contribution in [-0.4, -0.2) is 20.7 Å². The van der Waals surface area contributed by atoms with Gasteiger partial charge in [-0.3, -0.25) is 4.79 Å². The molecule has 1 aromatic heterocycles. The van der Waals surface area contributed by atoms with Gasteiger partial charge < -0.3 is 15.4 Å². The largest absolute Gasteiger partial charge is 0.489 e. The third kappa shape index (κ3) is 5.01. The fourth-order valence-corrected chi connectivity index (χ4v) is 4.20. The zero-order valence-corrected chi connectivity index (χ0v) is 20.2. The van der Waals surface area contributed by atoms with E-state index in [4.69, 9.17) is 27.9 Å². The lowest BCUT2D eigenvalue weighted by Crippen LogP contribution is -2.31. The molecule has 0 fully saturated rings. The van der Waals surface area contributed by atoms with Crippen molar-refractivity contribution in [2.45, 2.75) is 19.6 Å². The number of carbonyl (C=O) groups is 1. The first-order valence-electron chi connectivity index (χ1n) is 10.9. The van der Waals surface area contributed by atoms with E-state index in [2.05, 4.69) is 20.7 Å². The molecular weight excluding hydrogens is 485 g/mol. The van der Waals surface area contributed by atoms with Crippen molar-refractivity contribution in [2.75, 3.05) is 10.6 Å². The lowest BCUT2D eigenvalue weighted by molar-refractivity contribution is -0.113. The molecule has 2 N–H and O–H groups in total. The van der Waals surface area contributed by atoms with Crippen LogP contribution in [0.5, 0.6) is 5.75 Å². The summed E-state index contributed by atoms with van der Waals surface area (Å²) < 4.78 is 7.73. The minimum atomic E-state index is -0.500. The second kappa shape index (κ2) is 9.82. The zero-order chi connectivity index (χ0) is 24.4. The van der Waals surface area contributed by atoms with Crippen LogP contribution in [0.4, 0.5) is 11.6 Å². The lowest BCUT2D eigenvalue weighted by atomic mass is 9.95. The van der Waals surface area contributed by atoms with E-state index < -0.39 is 6.04 Å². The zero-order valence-electron chi connectivity index (χ0n) is 18.7. The predicted octanol–water partition coefficient (Wildman–Crippen LogP) is 6.09. The summed E-state index contributed by atoms with van der Waals surface area (Å²) in [5, 5.41) is 11.8. The molecule has 35 heavy (non-hydrogen) atoms. The number of nitrogens with zero attached hydrogens (tertiary/aromatic N) is 3. The fourth-order valence-electron chi connectivity index (χ4n) is 3.95. The number of amides is 1. The molecular formula is C26H21Cl2N5O2. The van der Waals surface area contributed by atoms with E-state index in [1.807, 2.05) is 55.5 Å². The van der Waals surface area contributed by atoms with E-state index in [1.54, 1.807) is 28.9 Å². The summed E-state index contributed by atoms with van der Waals surface area (Å²) >= 11 is 12.0. The highest BCUT2D eigenvalue weighted by Gasteiger charge is 2.33. The number of allylic oxidation sites excluding steroid dienone is 1. The van der Waals surface area contributed by atoms with Crippen LogP contribution in [0.15, 0.2) is 90.4 Å². The van der Waals surface area contributed by atoms with Gasteiger partial charge in [0.1, 0.15) is 24.7 Å². The first kappa shape index (κ1) is 23.0. The molecule has 0 saturated carbocycles. The SMILES string of the molecule is CC1=C(C(=O)Nc2ccc(Cl)cc2)C(c2cccc(OCc3ccc(Cl)cc3)c2)n2ncnc2N1. The van der Waals surface area contributed by atoms with Crippen molar-refractivity contribution < 1.29 is 9.53 Å². The summed E-state index contributed by atoms with van der Waals surface area (Å²) in [5.74, 6) is 0.978. The van der Waals surface area contributed by atoms with Gasteiger partial charge in [-0.1, -0.05) is 47.5 Å². The normalized spacial score (nSPS) is 14.8. The third-order valence-corrected chi connectivity index (χ3v) is 6.14. The van der Waals surface area contributed by atoms with Gasteiger partial charge in [-0.2, -0.15) is 10.1 Å². The molecule has 0 saturated heterocycles. The Labute approximate surface area is 212 Å². The van der Waals surface area contributed by atoms with Crippen LogP contribution in [0.25, 0.3) is 0 Å². The van der Waals surface area contributed by atoms with E-state index in [0.29, 0.717) is 45.3 Å². The smallest absolute Gasteiger partial charge is 0.255 e. The molecule has 0 spiro atoms. The van der Waals surface area contributed by atoms with E-state index in [-0.39, 0.29) is 5.91 Å². The van der Waals surface area contributed by atoms with Crippen LogP contribution in [0.2, 0.25) is 10.0 Å². The predicted molar refractivity (Wildman–Crippen MR) is 137 cm³/mol. The average Bonchev–Trinajstić information content (AvgIpc) is 3.32. The molecule has 176 valence electrons. The highest BCUT2D eigenvalue weighted by atomic mass is 35.5. The van der Waals surface area contributed by atoms with Gasteiger partial charge in [0.2, 0.25) is 5.95 Å². The first-order chi connectivity index (χ1) is 17.0. The fraction of sp³-hybridized carbons (Fsp3) is 0.115. The summed E-state index contributed by atoms with van der Waals surface area (Å²) in [5.41, 5.74) is 3.69. The average molecular weight is 506 g/mol. The standard InChI is InChI=1S/C26H21Cl2N5O2/c1-16-23(25(34)32-21-11-9-20(28)10-12-21)24(33-26(31-16)29-15-30-33)18-3-2-4-22(13-18)35-14-17-5-7-19(27)8-6-17/h2-13,15,24H,14H2,1H3,(H,32,34)(H,29,30,31). The van der Waals surface area contributed by atoms with Gasteiger partial charge in [-0.25, -0.2) is 4.68 Å². The molecule has 3 aromatic carbocycles. The number of nitrogens with one attached hydrogen (secondary N) is 2. The molecule has 1 unspecified atom stereocenters. The summed E-state index contributed by atoms with van der Waals surface area (Å²) in [6.45, 7) is 2.24. The van der Waals surface area contributed by atoms with Crippen LogP contribution in [-0.2, 0) is 11.4 Å². The molecule has 2 heterocycles. The Morgan fingerprint density at radius 1 is 1.06 bits per heavy atom. The van der Waals surface area contributed by atoms with Crippen molar-refractivity contribution in [3.05, 3.63) is 112 Å². The van der Waals surface area contributed by atoms with Crippen molar-refractivity contribution in [3.8, 4) is 5.75 Å². The summed E-state index contributed by atoms with van der Waals surface area (Å²) in [7, 11) is 0. The van der Waals surface area contributed by atoms with Gasteiger partial charge in [0.15, 0.2) is 0 Å². The minimum Gasteiger partial charge on any atom is -0.489 e. The van der Waals surface area contributed by atoms with Crippen molar-refractivity contribution in [3.63, 3.8) is 0 Å². The number of halogens is 2.